The SMILES string of the molecule is O=C/C=C\[C@H]1CC=CCC1. The number of carbonyl (C=O) groups excluding carboxylic acids is 1. The van der Waals surface area contributed by atoms with Gasteiger partial charge in [0, 0.05) is 0 Å². The lowest BCUT2D eigenvalue weighted by atomic mass is 9.94. The second-order valence-corrected chi connectivity index (χ2v) is 2.57. The molecule has 1 heteroatoms. The Morgan fingerprint density at radius 2 is 2.30 bits per heavy atom. The molecule has 1 aliphatic carbocycles. The highest BCUT2D eigenvalue weighted by atomic mass is 16.1. The molecular weight excluding hydrogens is 124 g/mol. The highest BCUT2D eigenvalue weighted by molar-refractivity contribution is 5.64. The van der Waals surface area contributed by atoms with E-state index in [0.717, 1.165) is 19.1 Å². The van der Waals surface area contributed by atoms with Gasteiger partial charge in [0.05, 0.1) is 0 Å². The number of aldehydes is 1. The summed E-state index contributed by atoms with van der Waals surface area (Å²) in [6.07, 6.45) is 12.3. The molecule has 1 nitrogen and oxygen atoms in total. The van der Waals surface area contributed by atoms with Crippen molar-refractivity contribution in [3.05, 3.63) is 24.3 Å². The molecule has 0 aromatic heterocycles. The first-order valence-corrected chi connectivity index (χ1v) is 3.70. The number of hydrogen-bond donors (Lipinski definition) is 0. The Morgan fingerprint density at radius 3 is 2.90 bits per heavy atom. The van der Waals surface area contributed by atoms with Crippen LogP contribution in [0.15, 0.2) is 24.3 Å². The van der Waals surface area contributed by atoms with Gasteiger partial charge in [-0.05, 0) is 31.3 Å². The van der Waals surface area contributed by atoms with Gasteiger partial charge in [-0.1, -0.05) is 18.2 Å². The molecular formula is C9H12O. The molecule has 0 aliphatic heterocycles. The van der Waals surface area contributed by atoms with E-state index in [1.54, 1.807) is 6.08 Å². The number of hydrogen-bond acceptors (Lipinski definition) is 1. The van der Waals surface area contributed by atoms with Crippen molar-refractivity contribution in [1.82, 2.24) is 0 Å². The van der Waals surface area contributed by atoms with Gasteiger partial charge in [0.25, 0.3) is 0 Å². The molecule has 0 unspecified atom stereocenters. The quantitative estimate of drug-likeness (QED) is 0.323. The largest absolute Gasteiger partial charge is 0.299 e. The zero-order valence-corrected chi connectivity index (χ0v) is 5.99. The van der Waals surface area contributed by atoms with E-state index in [0.29, 0.717) is 5.92 Å². The van der Waals surface area contributed by atoms with Gasteiger partial charge in [0.1, 0.15) is 6.29 Å². The summed E-state index contributed by atoms with van der Waals surface area (Å²) in [5, 5.41) is 0. The van der Waals surface area contributed by atoms with Crippen LogP contribution in [0, 0.1) is 5.92 Å². The van der Waals surface area contributed by atoms with Crippen molar-refractivity contribution >= 4 is 6.29 Å². The third-order valence-corrected chi connectivity index (χ3v) is 1.77. The lowest BCUT2D eigenvalue weighted by Crippen LogP contribution is -1.97. The molecule has 0 aromatic carbocycles. The summed E-state index contributed by atoms with van der Waals surface area (Å²) in [6.45, 7) is 0. The predicted octanol–water partition coefficient (Wildman–Crippen LogP) is 2.10. The fourth-order valence-electron chi connectivity index (χ4n) is 1.19. The fourth-order valence-corrected chi connectivity index (χ4v) is 1.19. The summed E-state index contributed by atoms with van der Waals surface area (Å²) >= 11 is 0. The minimum Gasteiger partial charge on any atom is -0.299 e. The van der Waals surface area contributed by atoms with Crippen molar-refractivity contribution in [2.24, 2.45) is 5.92 Å². The maximum absolute atomic E-state index is 9.94. The van der Waals surface area contributed by atoms with Gasteiger partial charge in [-0.15, -0.1) is 0 Å². The van der Waals surface area contributed by atoms with E-state index in [4.69, 9.17) is 0 Å². The van der Waals surface area contributed by atoms with Crippen LogP contribution in [0.1, 0.15) is 19.3 Å². The first-order chi connectivity index (χ1) is 4.93. The summed E-state index contributed by atoms with van der Waals surface area (Å²) < 4.78 is 0. The van der Waals surface area contributed by atoms with Gasteiger partial charge in [-0.3, -0.25) is 4.79 Å². The van der Waals surface area contributed by atoms with Crippen molar-refractivity contribution in [2.75, 3.05) is 0 Å². The molecule has 0 amide bonds. The summed E-state index contributed by atoms with van der Waals surface area (Å²) in [7, 11) is 0. The van der Waals surface area contributed by atoms with Gasteiger partial charge in [0.2, 0.25) is 0 Å². The second kappa shape index (κ2) is 4.04. The number of carbonyl (C=O) groups is 1. The molecule has 1 aliphatic rings. The Hall–Kier alpha value is -0.850. The van der Waals surface area contributed by atoms with Crippen LogP contribution < -0.4 is 0 Å². The highest BCUT2D eigenvalue weighted by Gasteiger charge is 2.04. The highest BCUT2D eigenvalue weighted by Crippen LogP contribution is 2.18. The molecule has 0 saturated heterocycles. The van der Waals surface area contributed by atoms with Gasteiger partial charge < -0.3 is 0 Å². The van der Waals surface area contributed by atoms with Crippen LogP contribution in [0.2, 0.25) is 0 Å². The van der Waals surface area contributed by atoms with Gasteiger partial charge in [-0.25, -0.2) is 0 Å². The summed E-state index contributed by atoms with van der Waals surface area (Å²) in [6, 6.07) is 0. The first-order valence-electron chi connectivity index (χ1n) is 3.70. The third-order valence-electron chi connectivity index (χ3n) is 1.77. The molecule has 54 valence electrons. The Kier molecular flexibility index (Phi) is 2.94. The Balaban J connectivity index is 2.34. The average Bonchev–Trinajstić information content (AvgIpc) is 2.03. The Labute approximate surface area is 61.4 Å². The van der Waals surface area contributed by atoms with Crippen LogP contribution in [-0.4, -0.2) is 6.29 Å². The molecule has 0 heterocycles. The van der Waals surface area contributed by atoms with Crippen molar-refractivity contribution in [3.8, 4) is 0 Å². The third kappa shape index (κ3) is 2.18. The van der Waals surface area contributed by atoms with E-state index in [2.05, 4.69) is 12.2 Å². The van der Waals surface area contributed by atoms with Gasteiger partial charge in [0.15, 0.2) is 0 Å². The average molecular weight is 136 g/mol. The maximum Gasteiger partial charge on any atom is 0.142 e. The number of rotatable bonds is 2. The van der Waals surface area contributed by atoms with Crippen LogP contribution in [-0.2, 0) is 4.79 Å². The van der Waals surface area contributed by atoms with Crippen molar-refractivity contribution in [2.45, 2.75) is 19.3 Å². The van der Waals surface area contributed by atoms with Crippen LogP contribution in [0.4, 0.5) is 0 Å². The van der Waals surface area contributed by atoms with E-state index >= 15 is 0 Å². The maximum atomic E-state index is 9.94. The van der Waals surface area contributed by atoms with E-state index in [1.165, 1.54) is 6.42 Å². The van der Waals surface area contributed by atoms with Crippen LogP contribution in [0.3, 0.4) is 0 Å². The summed E-state index contributed by atoms with van der Waals surface area (Å²) in [4.78, 5) is 9.94. The van der Waals surface area contributed by atoms with Crippen molar-refractivity contribution in [3.63, 3.8) is 0 Å². The summed E-state index contributed by atoms with van der Waals surface area (Å²) in [5.74, 6) is 0.607. The standard InChI is InChI=1S/C9H12O/c10-8-4-7-9-5-2-1-3-6-9/h1-2,4,7-9H,3,5-6H2/b7-4-/t9-/m0/s1. The number of allylic oxidation sites excluding steroid dienone is 4. The van der Waals surface area contributed by atoms with Crippen LogP contribution in [0.5, 0.6) is 0 Å². The molecule has 0 saturated carbocycles. The molecule has 0 radical (unpaired) electrons. The molecule has 0 aromatic rings. The smallest absolute Gasteiger partial charge is 0.142 e. The van der Waals surface area contributed by atoms with E-state index in [-0.39, 0.29) is 0 Å². The molecule has 0 bridgehead atoms. The van der Waals surface area contributed by atoms with Crippen LogP contribution >= 0.6 is 0 Å². The fraction of sp³-hybridized carbons (Fsp3) is 0.444. The molecule has 0 fully saturated rings. The van der Waals surface area contributed by atoms with Crippen molar-refractivity contribution < 1.29 is 4.79 Å². The minimum atomic E-state index is 0.607. The monoisotopic (exact) mass is 136 g/mol. The normalized spacial score (nSPS) is 25.4. The molecule has 1 rings (SSSR count). The van der Waals surface area contributed by atoms with Gasteiger partial charge >= 0.3 is 0 Å². The van der Waals surface area contributed by atoms with E-state index in [1.807, 2.05) is 6.08 Å². The lowest BCUT2D eigenvalue weighted by molar-refractivity contribution is -0.104. The molecule has 1 atom stereocenters. The molecule has 10 heavy (non-hydrogen) atoms. The van der Waals surface area contributed by atoms with Gasteiger partial charge in [-0.2, -0.15) is 0 Å². The zero-order valence-electron chi connectivity index (χ0n) is 5.99. The minimum absolute atomic E-state index is 0.607. The Bertz CT molecular complexity index is 156. The van der Waals surface area contributed by atoms with E-state index in [9.17, 15) is 4.79 Å². The first kappa shape index (κ1) is 7.26. The lowest BCUT2D eigenvalue weighted by Gasteiger charge is -2.11. The van der Waals surface area contributed by atoms with Crippen LogP contribution in [0.25, 0.3) is 0 Å². The zero-order chi connectivity index (χ0) is 7.23. The topological polar surface area (TPSA) is 17.1 Å². The second-order valence-electron chi connectivity index (χ2n) is 2.57. The Morgan fingerprint density at radius 1 is 1.40 bits per heavy atom. The molecule has 0 spiro atoms. The summed E-state index contributed by atoms with van der Waals surface area (Å²) in [5.41, 5.74) is 0. The molecule has 0 N–H and O–H groups in total. The van der Waals surface area contributed by atoms with E-state index < -0.39 is 0 Å². The van der Waals surface area contributed by atoms with Crippen molar-refractivity contribution in [1.29, 1.82) is 0 Å². The predicted molar refractivity (Wildman–Crippen MR) is 41.7 cm³/mol.